The molecule has 2 rings (SSSR count). The first kappa shape index (κ1) is 17.8. The standard InChI is InChI=1S/C18H21N3O2S/c1-5-23-13-9-7-6-8-12(13)21-17-11(10-19)14(20)15(24-17)16(22)18(2,3)4/h6-9,21H,5,20H2,1-4H3. The number of ether oxygens (including phenoxy) is 1. The Morgan fingerprint density at radius 2 is 2.04 bits per heavy atom. The Morgan fingerprint density at radius 3 is 2.62 bits per heavy atom. The first-order chi connectivity index (χ1) is 11.3. The van der Waals surface area contributed by atoms with Gasteiger partial charge in [-0.15, -0.1) is 11.3 Å². The molecule has 0 unspecified atom stereocenters. The van der Waals surface area contributed by atoms with Gasteiger partial charge in [-0.25, -0.2) is 0 Å². The van der Waals surface area contributed by atoms with E-state index in [0.29, 0.717) is 27.8 Å². The van der Waals surface area contributed by atoms with Gasteiger partial charge >= 0.3 is 0 Å². The fourth-order valence-corrected chi connectivity index (χ4v) is 3.36. The Morgan fingerprint density at radius 1 is 1.38 bits per heavy atom. The second-order valence-corrected chi connectivity index (χ2v) is 7.31. The first-order valence-electron chi connectivity index (χ1n) is 7.65. The minimum Gasteiger partial charge on any atom is -0.492 e. The molecule has 5 nitrogen and oxygen atoms in total. The molecule has 1 aromatic carbocycles. The van der Waals surface area contributed by atoms with Gasteiger partial charge in [0.2, 0.25) is 0 Å². The molecule has 0 fully saturated rings. The summed E-state index contributed by atoms with van der Waals surface area (Å²) in [5, 5.41) is 13.2. The van der Waals surface area contributed by atoms with Crippen molar-refractivity contribution in [3.05, 3.63) is 34.7 Å². The predicted octanol–water partition coefficient (Wildman–Crippen LogP) is 4.57. The van der Waals surface area contributed by atoms with Gasteiger partial charge in [0, 0.05) is 5.41 Å². The van der Waals surface area contributed by atoms with Crippen LogP contribution in [-0.4, -0.2) is 12.4 Å². The highest BCUT2D eigenvalue weighted by Crippen LogP contribution is 2.41. The second kappa shape index (κ2) is 6.93. The zero-order valence-electron chi connectivity index (χ0n) is 14.3. The highest BCUT2D eigenvalue weighted by Gasteiger charge is 2.29. The van der Waals surface area contributed by atoms with Gasteiger partial charge in [-0.2, -0.15) is 5.26 Å². The molecule has 0 amide bonds. The molecular weight excluding hydrogens is 322 g/mol. The molecular formula is C18H21N3O2S. The maximum atomic E-state index is 12.6. The van der Waals surface area contributed by atoms with Gasteiger partial charge in [0.05, 0.1) is 22.9 Å². The van der Waals surface area contributed by atoms with Gasteiger partial charge in [0.25, 0.3) is 0 Å². The zero-order valence-corrected chi connectivity index (χ0v) is 15.1. The minimum atomic E-state index is -0.563. The third kappa shape index (κ3) is 3.52. The smallest absolute Gasteiger partial charge is 0.180 e. The van der Waals surface area contributed by atoms with Gasteiger partial charge < -0.3 is 15.8 Å². The van der Waals surface area contributed by atoms with E-state index in [-0.39, 0.29) is 11.5 Å². The number of carbonyl (C=O) groups excluding carboxylic acids is 1. The molecule has 0 radical (unpaired) electrons. The van der Waals surface area contributed by atoms with E-state index in [4.69, 9.17) is 10.5 Å². The molecule has 1 heterocycles. The summed E-state index contributed by atoms with van der Waals surface area (Å²) in [6.45, 7) is 7.93. The highest BCUT2D eigenvalue weighted by molar-refractivity contribution is 7.19. The number of rotatable bonds is 5. The van der Waals surface area contributed by atoms with Gasteiger partial charge in [-0.1, -0.05) is 32.9 Å². The molecule has 0 spiro atoms. The summed E-state index contributed by atoms with van der Waals surface area (Å²) >= 11 is 1.20. The third-order valence-corrected chi connectivity index (χ3v) is 4.50. The number of carbonyl (C=O) groups is 1. The fraction of sp³-hybridized carbons (Fsp3) is 0.333. The van der Waals surface area contributed by atoms with Crippen LogP contribution in [0.1, 0.15) is 42.9 Å². The van der Waals surface area contributed by atoms with E-state index in [1.54, 1.807) is 0 Å². The van der Waals surface area contributed by atoms with Crippen LogP contribution in [0.5, 0.6) is 5.75 Å². The monoisotopic (exact) mass is 343 g/mol. The van der Waals surface area contributed by atoms with Crippen LogP contribution < -0.4 is 15.8 Å². The Bertz CT molecular complexity index is 798. The number of nitrogens with zero attached hydrogens (tertiary/aromatic N) is 1. The summed E-state index contributed by atoms with van der Waals surface area (Å²) in [5.41, 5.74) is 6.75. The van der Waals surface area contributed by atoms with Crippen molar-refractivity contribution in [2.45, 2.75) is 27.7 Å². The molecule has 0 aliphatic rings. The van der Waals surface area contributed by atoms with Crippen LogP contribution in [0, 0.1) is 16.7 Å². The minimum absolute atomic E-state index is 0.0763. The van der Waals surface area contributed by atoms with E-state index in [1.807, 2.05) is 52.0 Å². The average molecular weight is 343 g/mol. The quantitative estimate of drug-likeness (QED) is 0.776. The van der Waals surface area contributed by atoms with Crippen molar-refractivity contribution in [1.29, 1.82) is 5.26 Å². The third-order valence-electron chi connectivity index (χ3n) is 3.38. The second-order valence-electron chi connectivity index (χ2n) is 6.29. The van der Waals surface area contributed by atoms with E-state index in [2.05, 4.69) is 11.4 Å². The van der Waals surface area contributed by atoms with E-state index >= 15 is 0 Å². The van der Waals surface area contributed by atoms with Gasteiger partial charge in [-0.3, -0.25) is 4.79 Å². The van der Waals surface area contributed by atoms with Gasteiger partial charge in [0.15, 0.2) is 5.78 Å². The fourth-order valence-electron chi connectivity index (χ4n) is 2.13. The molecule has 0 aliphatic heterocycles. The molecule has 0 bridgehead atoms. The SMILES string of the molecule is CCOc1ccccc1Nc1sc(C(=O)C(C)(C)C)c(N)c1C#N. The van der Waals surface area contributed by atoms with Crippen molar-refractivity contribution < 1.29 is 9.53 Å². The van der Waals surface area contributed by atoms with Crippen LogP contribution in [0.25, 0.3) is 0 Å². The number of nitrogens with one attached hydrogen (secondary N) is 1. The van der Waals surface area contributed by atoms with Crippen LogP contribution in [0.2, 0.25) is 0 Å². The molecule has 0 saturated heterocycles. The number of nitriles is 1. The van der Waals surface area contributed by atoms with Crippen molar-refractivity contribution in [1.82, 2.24) is 0 Å². The normalized spacial score (nSPS) is 11.0. The Labute approximate surface area is 146 Å². The maximum absolute atomic E-state index is 12.6. The van der Waals surface area contributed by atoms with Crippen molar-refractivity contribution in [2.24, 2.45) is 5.41 Å². The van der Waals surface area contributed by atoms with Crippen LogP contribution in [0.3, 0.4) is 0 Å². The molecule has 0 saturated carbocycles. The average Bonchev–Trinajstić information content (AvgIpc) is 2.83. The number of hydrogen-bond acceptors (Lipinski definition) is 6. The predicted molar refractivity (Wildman–Crippen MR) is 98.1 cm³/mol. The molecule has 3 N–H and O–H groups in total. The molecule has 126 valence electrons. The number of nitrogens with two attached hydrogens (primary N) is 1. The van der Waals surface area contributed by atoms with E-state index < -0.39 is 5.41 Å². The van der Waals surface area contributed by atoms with E-state index in [1.165, 1.54) is 11.3 Å². The summed E-state index contributed by atoms with van der Waals surface area (Å²) in [4.78, 5) is 13.0. The van der Waals surface area contributed by atoms with Crippen LogP contribution >= 0.6 is 11.3 Å². The number of benzene rings is 1. The molecule has 2 aromatic rings. The van der Waals surface area contributed by atoms with E-state index in [0.717, 1.165) is 5.69 Å². The number of Topliss-reactive ketones (excluding diaryl/α,β-unsaturated/α-hetero) is 1. The highest BCUT2D eigenvalue weighted by atomic mass is 32.1. The van der Waals surface area contributed by atoms with Gasteiger partial charge in [-0.05, 0) is 19.1 Å². The number of hydrogen-bond donors (Lipinski definition) is 2. The maximum Gasteiger partial charge on any atom is 0.180 e. The summed E-state index contributed by atoms with van der Waals surface area (Å²) in [6.07, 6.45) is 0. The number of nitrogen functional groups attached to an aromatic ring is 1. The molecule has 0 aliphatic carbocycles. The van der Waals surface area contributed by atoms with Crippen LogP contribution in [0.4, 0.5) is 16.4 Å². The number of anilines is 3. The number of thiophene rings is 1. The summed E-state index contributed by atoms with van der Waals surface area (Å²) in [7, 11) is 0. The Kier molecular flexibility index (Phi) is 5.15. The molecule has 1 aromatic heterocycles. The lowest BCUT2D eigenvalue weighted by Crippen LogP contribution is -2.20. The van der Waals surface area contributed by atoms with Crippen molar-refractivity contribution >= 4 is 33.5 Å². The summed E-state index contributed by atoms with van der Waals surface area (Å²) in [5.74, 6) is 0.604. The van der Waals surface area contributed by atoms with Crippen molar-refractivity contribution in [2.75, 3.05) is 17.7 Å². The Balaban J connectivity index is 2.46. The number of ketones is 1. The lowest BCUT2D eigenvalue weighted by molar-refractivity contribution is 0.0863. The summed E-state index contributed by atoms with van der Waals surface area (Å²) in [6, 6.07) is 9.53. The topological polar surface area (TPSA) is 88.1 Å². The van der Waals surface area contributed by atoms with Gasteiger partial charge in [0.1, 0.15) is 22.4 Å². The summed E-state index contributed by atoms with van der Waals surface area (Å²) < 4.78 is 5.58. The molecule has 24 heavy (non-hydrogen) atoms. The van der Waals surface area contributed by atoms with Crippen LogP contribution in [0.15, 0.2) is 24.3 Å². The largest absolute Gasteiger partial charge is 0.492 e. The lowest BCUT2D eigenvalue weighted by Gasteiger charge is -2.15. The lowest BCUT2D eigenvalue weighted by atomic mass is 9.89. The first-order valence-corrected chi connectivity index (χ1v) is 8.47. The van der Waals surface area contributed by atoms with E-state index in [9.17, 15) is 10.1 Å². The van der Waals surface area contributed by atoms with Crippen LogP contribution in [-0.2, 0) is 0 Å². The van der Waals surface area contributed by atoms with Crippen molar-refractivity contribution in [3.8, 4) is 11.8 Å². The zero-order chi connectivity index (χ0) is 17.9. The van der Waals surface area contributed by atoms with Crippen molar-refractivity contribution in [3.63, 3.8) is 0 Å². The Hall–Kier alpha value is -2.52. The molecule has 0 atom stereocenters. The molecule has 6 heteroatoms. The number of para-hydroxylation sites is 2.